The Hall–Kier alpha value is -1.45. The van der Waals surface area contributed by atoms with Gasteiger partial charge in [-0.2, -0.15) is 0 Å². The number of methoxy groups -OCH3 is 2. The summed E-state index contributed by atoms with van der Waals surface area (Å²) in [5, 5.41) is 9.27. The summed E-state index contributed by atoms with van der Waals surface area (Å²) < 4.78 is 22.8. The van der Waals surface area contributed by atoms with Gasteiger partial charge in [0.2, 0.25) is 0 Å². The van der Waals surface area contributed by atoms with Crippen molar-refractivity contribution in [1.82, 2.24) is 0 Å². The summed E-state index contributed by atoms with van der Waals surface area (Å²) in [4.78, 5) is 0. The minimum Gasteiger partial charge on any atom is -0.504 e. The Bertz CT molecular complexity index is 295. The van der Waals surface area contributed by atoms with Crippen molar-refractivity contribution >= 4 is 0 Å². The van der Waals surface area contributed by atoms with Crippen LogP contribution in [0, 0.1) is 12.7 Å². The van der Waals surface area contributed by atoms with Crippen molar-refractivity contribution in [3.8, 4) is 17.2 Å². The molecule has 0 heterocycles. The highest BCUT2D eigenvalue weighted by atomic mass is 19.1. The summed E-state index contributed by atoms with van der Waals surface area (Å²) in [5.41, 5.74) is 0.447. The van der Waals surface area contributed by atoms with Crippen molar-refractivity contribution < 1.29 is 19.0 Å². The molecule has 0 saturated heterocycles. The van der Waals surface area contributed by atoms with E-state index in [1.807, 2.05) is 0 Å². The smallest absolute Gasteiger partial charge is 0.169 e. The first-order chi connectivity index (χ1) is 6.11. The van der Waals surface area contributed by atoms with Gasteiger partial charge in [-0.3, -0.25) is 0 Å². The number of halogens is 1. The van der Waals surface area contributed by atoms with Gasteiger partial charge in [-0.25, -0.2) is 4.39 Å². The maximum absolute atomic E-state index is 13.1. The highest BCUT2D eigenvalue weighted by Crippen LogP contribution is 2.37. The Morgan fingerprint density at radius 2 is 1.77 bits per heavy atom. The second-order valence-electron chi connectivity index (χ2n) is 2.57. The van der Waals surface area contributed by atoms with Crippen LogP contribution in [-0.2, 0) is 0 Å². The molecule has 1 aromatic carbocycles. The molecule has 0 fully saturated rings. The molecule has 0 atom stereocenters. The molecule has 0 spiro atoms. The van der Waals surface area contributed by atoms with Gasteiger partial charge >= 0.3 is 0 Å². The van der Waals surface area contributed by atoms with Crippen molar-refractivity contribution in [1.29, 1.82) is 0 Å². The van der Waals surface area contributed by atoms with E-state index in [2.05, 4.69) is 0 Å². The summed E-state index contributed by atoms with van der Waals surface area (Å²) in [7, 11) is 2.77. The molecule has 0 saturated carbocycles. The Morgan fingerprint density at radius 3 is 2.23 bits per heavy atom. The predicted molar refractivity (Wildman–Crippen MR) is 45.9 cm³/mol. The van der Waals surface area contributed by atoms with Gasteiger partial charge in [-0.05, 0) is 6.92 Å². The molecule has 3 nitrogen and oxygen atoms in total. The van der Waals surface area contributed by atoms with E-state index in [1.54, 1.807) is 6.92 Å². The van der Waals surface area contributed by atoms with Crippen LogP contribution in [0.5, 0.6) is 17.2 Å². The Labute approximate surface area is 75.7 Å². The van der Waals surface area contributed by atoms with Gasteiger partial charge in [-0.1, -0.05) is 0 Å². The first kappa shape index (κ1) is 9.64. The average molecular weight is 186 g/mol. The zero-order valence-electron chi connectivity index (χ0n) is 7.72. The molecule has 0 aromatic heterocycles. The molecule has 0 radical (unpaired) electrons. The van der Waals surface area contributed by atoms with E-state index in [9.17, 15) is 9.50 Å². The third-order valence-electron chi connectivity index (χ3n) is 1.80. The van der Waals surface area contributed by atoms with Crippen LogP contribution in [0.1, 0.15) is 5.56 Å². The maximum Gasteiger partial charge on any atom is 0.169 e. The molecule has 0 unspecified atom stereocenters. The van der Waals surface area contributed by atoms with Crippen LogP contribution in [0.15, 0.2) is 6.07 Å². The van der Waals surface area contributed by atoms with Gasteiger partial charge in [0.25, 0.3) is 0 Å². The van der Waals surface area contributed by atoms with E-state index in [4.69, 9.17) is 9.47 Å². The average Bonchev–Trinajstić information content (AvgIpc) is 2.04. The second-order valence-corrected chi connectivity index (χ2v) is 2.57. The number of hydrogen-bond donors (Lipinski definition) is 1. The number of ether oxygens (including phenoxy) is 2. The molecule has 0 amide bonds. The van der Waals surface area contributed by atoms with Gasteiger partial charge in [0.05, 0.1) is 14.2 Å². The molecule has 72 valence electrons. The van der Waals surface area contributed by atoms with Crippen molar-refractivity contribution in [3.05, 3.63) is 17.4 Å². The topological polar surface area (TPSA) is 38.7 Å². The minimum absolute atomic E-state index is 0.0923. The fourth-order valence-corrected chi connectivity index (χ4v) is 1.23. The van der Waals surface area contributed by atoms with E-state index in [1.165, 1.54) is 14.2 Å². The van der Waals surface area contributed by atoms with Crippen LogP contribution in [0.3, 0.4) is 0 Å². The zero-order chi connectivity index (χ0) is 10.0. The quantitative estimate of drug-likeness (QED) is 0.766. The predicted octanol–water partition coefficient (Wildman–Crippen LogP) is 1.86. The maximum atomic E-state index is 13.1. The number of benzene rings is 1. The first-order valence-electron chi connectivity index (χ1n) is 3.71. The van der Waals surface area contributed by atoms with Gasteiger partial charge in [0.1, 0.15) is 0 Å². The number of phenols is 1. The van der Waals surface area contributed by atoms with Crippen molar-refractivity contribution in [3.63, 3.8) is 0 Å². The molecular formula is C9H11FO3. The molecule has 1 aromatic rings. The van der Waals surface area contributed by atoms with Gasteiger partial charge < -0.3 is 14.6 Å². The fraction of sp³-hybridized carbons (Fsp3) is 0.333. The van der Waals surface area contributed by atoms with Crippen LogP contribution in [0.2, 0.25) is 0 Å². The molecule has 13 heavy (non-hydrogen) atoms. The van der Waals surface area contributed by atoms with Crippen LogP contribution in [-0.4, -0.2) is 19.3 Å². The number of rotatable bonds is 2. The van der Waals surface area contributed by atoms with Gasteiger partial charge in [0, 0.05) is 11.6 Å². The fourth-order valence-electron chi connectivity index (χ4n) is 1.23. The lowest BCUT2D eigenvalue weighted by Crippen LogP contribution is -1.95. The Morgan fingerprint density at radius 1 is 1.23 bits per heavy atom. The highest BCUT2D eigenvalue weighted by molar-refractivity contribution is 5.53. The summed E-state index contributed by atoms with van der Waals surface area (Å²) >= 11 is 0. The Balaban J connectivity index is 3.39. The second kappa shape index (κ2) is 3.51. The van der Waals surface area contributed by atoms with Crippen molar-refractivity contribution in [2.45, 2.75) is 6.92 Å². The van der Waals surface area contributed by atoms with Crippen LogP contribution >= 0.6 is 0 Å². The standard InChI is InChI=1S/C9H11FO3/c1-5-8(12-2)6(10)4-7(11)9(5)13-3/h4,11H,1-3H3. The molecular weight excluding hydrogens is 175 g/mol. The third kappa shape index (κ3) is 1.52. The molecule has 1 N–H and O–H groups in total. The largest absolute Gasteiger partial charge is 0.504 e. The molecule has 0 aliphatic carbocycles. The van der Waals surface area contributed by atoms with E-state index in [0.717, 1.165) is 6.07 Å². The number of aromatic hydroxyl groups is 1. The first-order valence-corrected chi connectivity index (χ1v) is 3.71. The molecule has 0 bridgehead atoms. The van der Waals surface area contributed by atoms with Gasteiger partial charge in [0.15, 0.2) is 23.1 Å². The summed E-state index contributed by atoms with van der Waals surface area (Å²) in [6.07, 6.45) is 0. The number of phenolic OH excluding ortho intramolecular Hbond substituents is 1. The Kier molecular flexibility index (Phi) is 2.60. The van der Waals surface area contributed by atoms with Crippen molar-refractivity contribution in [2.24, 2.45) is 0 Å². The molecule has 4 heteroatoms. The number of hydrogen-bond acceptors (Lipinski definition) is 3. The summed E-state index contributed by atoms with van der Waals surface area (Å²) in [6.45, 7) is 1.61. The minimum atomic E-state index is -0.599. The normalized spacial score (nSPS) is 9.85. The SMILES string of the molecule is COc1c(O)cc(F)c(OC)c1C. The van der Waals surface area contributed by atoms with Crippen molar-refractivity contribution in [2.75, 3.05) is 14.2 Å². The van der Waals surface area contributed by atoms with Gasteiger partial charge in [-0.15, -0.1) is 0 Å². The van der Waals surface area contributed by atoms with Crippen LogP contribution in [0.25, 0.3) is 0 Å². The summed E-state index contributed by atoms with van der Waals surface area (Å²) in [5.74, 6) is -0.496. The molecule has 1 rings (SSSR count). The molecule has 0 aliphatic heterocycles. The highest BCUT2D eigenvalue weighted by Gasteiger charge is 2.15. The van der Waals surface area contributed by atoms with Crippen LogP contribution in [0.4, 0.5) is 4.39 Å². The van der Waals surface area contributed by atoms with E-state index < -0.39 is 5.82 Å². The van der Waals surface area contributed by atoms with E-state index >= 15 is 0 Å². The summed E-state index contributed by atoms with van der Waals surface area (Å²) in [6, 6.07) is 0.963. The van der Waals surface area contributed by atoms with Crippen LogP contribution < -0.4 is 9.47 Å². The monoisotopic (exact) mass is 186 g/mol. The van der Waals surface area contributed by atoms with E-state index in [-0.39, 0.29) is 17.2 Å². The lowest BCUT2D eigenvalue weighted by atomic mass is 10.2. The zero-order valence-corrected chi connectivity index (χ0v) is 7.72. The third-order valence-corrected chi connectivity index (χ3v) is 1.80. The van der Waals surface area contributed by atoms with E-state index in [0.29, 0.717) is 5.56 Å². The lowest BCUT2D eigenvalue weighted by Gasteiger charge is -2.11. The molecule has 0 aliphatic rings. The lowest BCUT2D eigenvalue weighted by molar-refractivity contribution is 0.347.